The molecule has 0 radical (unpaired) electrons. The summed E-state index contributed by atoms with van der Waals surface area (Å²) in [5, 5.41) is 0.880. The number of nitrogens with zero attached hydrogens (tertiary/aromatic N) is 3. The van der Waals surface area contributed by atoms with Gasteiger partial charge in [-0.1, -0.05) is 67.6 Å². The van der Waals surface area contributed by atoms with Gasteiger partial charge in [-0.2, -0.15) is 0 Å². The number of benzene rings is 3. The Morgan fingerprint density at radius 2 is 1.47 bits per heavy atom. The number of fused-ring (bicyclic) bond motifs is 1. The molecular weight excluding hydrogens is 442 g/mol. The predicted molar refractivity (Wildman–Crippen MR) is 137 cm³/mol. The smallest absolute Gasteiger partial charge is 0.210 e. The molecular formula is C28H29N3O2S. The van der Waals surface area contributed by atoms with E-state index in [0.717, 1.165) is 61.3 Å². The summed E-state index contributed by atoms with van der Waals surface area (Å²) in [5.74, 6) is 0. The molecule has 4 aromatic rings. The van der Waals surface area contributed by atoms with Crippen LogP contribution in [-0.2, 0) is 22.8 Å². The second-order valence-electron chi connectivity index (χ2n) is 8.74. The normalized spacial score (nSPS) is 15.0. The fraction of sp³-hybridized carbons (Fsp3) is 0.250. The molecule has 1 aliphatic heterocycles. The van der Waals surface area contributed by atoms with Crippen molar-refractivity contribution in [2.24, 2.45) is 0 Å². The number of aromatic nitrogens is 1. The number of hydrogen-bond donors (Lipinski definition) is 0. The van der Waals surface area contributed by atoms with Crippen molar-refractivity contribution in [3.8, 4) is 0 Å². The Labute approximate surface area is 201 Å². The third-order valence-corrected chi connectivity index (χ3v) is 8.35. The molecule has 174 valence electrons. The van der Waals surface area contributed by atoms with Gasteiger partial charge < -0.3 is 4.90 Å². The highest BCUT2D eigenvalue weighted by Crippen LogP contribution is 2.36. The van der Waals surface area contributed by atoms with Crippen molar-refractivity contribution >= 4 is 26.4 Å². The predicted octanol–water partition coefficient (Wildman–Crippen LogP) is 4.95. The first-order valence-electron chi connectivity index (χ1n) is 11.8. The highest BCUT2D eigenvalue weighted by molar-refractivity contribution is 7.91. The van der Waals surface area contributed by atoms with Crippen molar-refractivity contribution < 1.29 is 8.42 Å². The van der Waals surface area contributed by atoms with E-state index < -0.39 is 9.84 Å². The van der Waals surface area contributed by atoms with Gasteiger partial charge in [0.05, 0.1) is 16.1 Å². The van der Waals surface area contributed by atoms with Crippen LogP contribution in [0, 0.1) is 0 Å². The molecule has 0 N–H and O–H groups in total. The molecule has 0 atom stereocenters. The van der Waals surface area contributed by atoms with E-state index in [4.69, 9.17) is 0 Å². The quantitative estimate of drug-likeness (QED) is 0.398. The summed E-state index contributed by atoms with van der Waals surface area (Å²) in [6, 6.07) is 25.5. The Bertz CT molecular complexity index is 1380. The third-order valence-electron chi connectivity index (χ3n) is 6.58. The molecule has 0 saturated carbocycles. The van der Waals surface area contributed by atoms with E-state index >= 15 is 0 Å². The topological polar surface area (TPSA) is 53.5 Å². The van der Waals surface area contributed by atoms with Crippen molar-refractivity contribution in [1.29, 1.82) is 0 Å². The van der Waals surface area contributed by atoms with Crippen molar-refractivity contribution in [1.82, 2.24) is 9.88 Å². The molecule has 1 saturated heterocycles. The van der Waals surface area contributed by atoms with Crippen molar-refractivity contribution in [3.63, 3.8) is 0 Å². The second-order valence-corrected chi connectivity index (χ2v) is 10.7. The van der Waals surface area contributed by atoms with Crippen LogP contribution >= 0.6 is 0 Å². The van der Waals surface area contributed by atoms with E-state index in [1.165, 1.54) is 11.8 Å². The first kappa shape index (κ1) is 22.6. The molecule has 0 amide bonds. The zero-order chi connectivity index (χ0) is 23.5. The molecule has 5 nitrogen and oxygen atoms in total. The minimum Gasteiger partial charge on any atom is -0.367 e. The van der Waals surface area contributed by atoms with Gasteiger partial charge in [0, 0.05) is 44.3 Å². The van der Waals surface area contributed by atoms with E-state index in [0.29, 0.717) is 4.90 Å². The second kappa shape index (κ2) is 9.57. The maximum absolute atomic E-state index is 13.8. The van der Waals surface area contributed by atoms with Crippen molar-refractivity contribution in [3.05, 3.63) is 96.2 Å². The van der Waals surface area contributed by atoms with Gasteiger partial charge in [0.15, 0.2) is 0 Å². The van der Waals surface area contributed by atoms with Crippen LogP contribution in [0.5, 0.6) is 0 Å². The maximum Gasteiger partial charge on any atom is 0.210 e. The number of sulfone groups is 1. The Morgan fingerprint density at radius 3 is 2.18 bits per heavy atom. The number of anilines is 1. The van der Waals surface area contributed by atoms with Crippen LogP contribution in [0.25, 0.3) is 10.9 Å². The molecule has 0 aliphatic carbocycles. The fourth-order valence-corrected chi connectivity index (χ4v) is 6.07. The molecule has 1 aromatic heterocycles. The molecule has 5 rings (SSSR count). The average molecular weight is 472 g/mol. The standard InChI is InChI=1S/C28H29N3O2S/c1-2-22-12-14-24(15-13-22)34(32,33)27-20-29-26-11-7-6-10-25(26)28(27)31-18-16-30(17-19-31)21-23-8-4-3-5-9-23/h3-15,20H,2,16-19,21H2,1H3. The SMILES string of the molecule is CCc1ccc(S(=O)(=O)c2cnc3ccccc3c2N2CCN(Cc3ccccc3)CC2)cc1. The summed E-state index contributed by atoms with van der Waals surface area (Å²) in [6.45, 7) is 6.23. The van der Waals surface area contributed by atoms with E-state index in [1.807, 2.05) is 42.5 Å². The van der Waals surface area contributed by atoms with E-state index in [1.54, 1.807) is 12.1 Å². The molecule has 0 spiro atoms. The zero-order valence-corrected chi connectivity index (χ0v) is 20.2. The van der Waals surface area contributed by atoms with Gasteiger partial charge in [0.25, 0.3) is 0 Å². The van der Waals surface area contributed by atoms with Crippen LogP contribution in [0.15, 0.2) is 94.9 Å². The Balaban J connectivity index is 1.49. The van der Waals surface area contributed by atoms with Crippen molar-refractivity contribution in [2.75, 3.05) is 31.1 Å². The van der Waals surface area contributed by atoms with Gasteiger partial charge in [-0.25, -0.2) is 8.42 Å². The molecule has 6 heteroatoms. The van der Waals surface area contributed by atoms with Crippen LogP contribution in [0.4, 0.5) is 5.69 Å². The van der Waals surface area contributed by atoms with E-state index in [9.17, 15) is 8.42 Å². The number of aryl methyl sites for hydroxylation is 1. The van der Waals surface area contributed by atoms with Gasteiger partial charge >= 0.3 is 0 Å². The minimum absolute atomic E-state index is 0.284. The van der Waals surface area contributed by atoms with Crippen LogP contribution in [0.3, 0.4) is 0 Å². The highest BCUT2D eigenvalue weighted by Gasteiger charge is 2.28. The summed E-state index contributed by atoms with van der Waals surface area (Å²) < 4.78 is 27.5. The average Bonchev–Trinajstić information content (AvgIpc) is 2.89. The lowest BCUT2D eigenvalue weighted by molar-refractivity contribution is 0.249. The highest BCUT2D eigenvalue weighted by atomic mass is 32.2. The minimum atomic E-state index is -3.72. The van der Waals surface area contributed by atoms with Gasteiger partial charge in [-0.3, -0.25) is 9.88 Å². The number of pyridine rings is 1. The van der Waals surface area contributed by atoms with Crippen molar-refractivity contribution in [2.45, 2.75) is 29.7 Å². The van der Waals surface area contributed by atoms with Crippen LogP contribution in [-0.4, -0.2) is 44.5 Å². The molecule has 0 bridgehead atoms. The van der Waals surface area contributed by atoms with Gasteiger partial charge in [0.2, 0.25) is 9.84 Å². The third kappa shape index (κ3) is 4.43. The number of hydrogen-bond acceptors (Lipinski definition) is 5. The first-order chi connectivity index (χ1) is 16.6. The van der Waals surface area contributed by atoms with E-state index in [2.05, 4.69) is 46.0 Å². The fourth-order valence-electron chi connectivity index (χ4n) is 4.63. The molecule has 3 aromatic carbocycles. The molecule has 0 unspecified atom stereocenters. The number of rotatable bonds is 6. The Morgan fingerprint density at radius 1 is 0.794 bits per heavy atom. The lowest BCUT2D eigenvalue weighted by Gasteiger charge is -2.37. The molecule has 1 fully saturated rings. The molecule has 1 aliphatic rings. The van der Waals surface area contributed by atoms with E-state index in [-0.39, 0.29) is 4.90 Å². The van der Waals surface area contributed by atoms with Crippen LogP contribution in [0.1, 0.15) is 18.1 Å². The first-order valence-corrected chi connectivity index (χ1v) is 13.3. The van der Waals surface area contributed by atoms with Crippen LogP contribution in [0.2, 0.25) is 0 Å². The van der Waals surface area contributed by atoms with Gasteiger partial charge in [-0.15, -0.1) is 0 Å². The largest absolute Gasteiger partial charge is 0.367 e. The summed E-state index contributed by atoms with van der Waals surface area (Å²) in [7, 11) is -3.72. The maximum atomic E-state index is 13.8. The molecule has 2 heterocycles. The monoisotopic (exact) mass is 471 g/mol. The van der Waals surface area contributed by atoms with Gasteiger partial charge in [-0.05, 0) is 35.7 Å². The van der Waals surface area contributed by atoms with Gasteiger partial charge in [0.1, 0.15) is 4.90 Å². The van der Waals surface area contributed by atoms with Crippen LogP contribution < -0.4 is 4.90 Å². The lowest BCUT2D eigenvalue weighted by Crippen LogP contribution is -2.46. The summed E-state index contributed by atoms with van der Waals surface area (Å²) >= 11 is 0. The summed E-state index contributed by atoms with van der Waals surface area (Å²) in [6.07, 6.45) is 2.41. The number of piperazine rings is 1. The number of para-hydroxylation sites is 1. The molecule has 34 heavy (non-hydrogen) atoms. The lowest BCUT2D eigenvalue weighted by atomic mass is 10.1. The summed E-state index contributed by atoms with van der Waals surface area (Å²) in [4.78, 5) is 9.76. The Hall–Kier alpha value is -3.22. The zero-order valence-electron chi connectivity index (χ0n) is 19.4. The Kier molecular flexibility index (Phi) is 6.35. The summed E-state index contributed by atoms with van der Waals surface area (Å²) in [5.41, 5.74) is 3.99.